The van der Waals surface area contributed by atoms with E-state index in [1.165, 1.54) is 12.1 Å². The van der Waals surface area contributed by atoms with Gasteiger partial charge >= 0.3 is 0 Å². The summed E-state index contributed by atoms with van der Waals surface area (Å²) in [5.41, 5.74) is 3.62. The van der Waals surface area contributed by atoms with Crippen molar-refractivity contribution in [1.29, 1.82) is 0 Å². The summed E-state index contributed by atoms with van der Waals surface area (Å²) in [6.45, 7) is 4.09. The van der Waals surface area contributed by atoms with Crippen LogP contribution in [0.25, 0.3) is 0 Å². The van der Waals surface area contributed by atoms with Crippen molar-refractivity contribution in [2.24, 2.45) is 5.16 Å². The van der Waals surface area contributed by atoms with Gasteiger partial charge in [0.25, 0.3) is 5.91 Å². The van der Waals surface area contributed by atoms with E-state index < -0.39 is 0 Å². The molecule has 0 radical (unpaired) electrons. The summed E-state index contributed by atoms with van der Waals surface area (Å²) in [5, 5.41) is 6.33. The molecule has 0 bridgehead atoms. The number of aryl methyl sites for hydroxylation is 2. The molecule has 5 heteroatoms. The zero-order valence-electron chi connectivity index (χ0n) is 12.5. The smallest absolute Gasteiger partial charge is 0.270 e. The Hall–Kier alpha value is -2.69. The number of nitrogens with one attached hydrogen (secondary N) is 1. The Kier molecular flexibility index (Phi) is 5.25. The third-order valence-electron chi connectivity index (χ3n) is 3.03. The number of oxime groups is 1. The lowest BCUT2D eigenvalue weighted by Crippen LogP contribution is -2.13. The molecule has 1 amide bonds. The summed E-state index contributed by atoms with van der Waals surface area (Å²) < 4.78 is 12.7. The SMILES string of the molecule is Cc1ccc(NC(=O)/C=N\OCc2ccc(F)cc2)c(C)c1. The van der Waals surface area contributed by atoms with Crippen molar-refractivity contribution >= 4 is 17.8 Å². The molecular formula is C17H17FN2O2. The van der Waals surface area contributed by atoms with E-state index in [9.17, 15) is 9.18 Å². The van der Waals surface area contributed by atoms with Crippen LogP contribution in [-0.2, 0) is 16.2 Å². The van der Waals surface area contributed by atoms with Crippen molar-refractivity contribution in [3.8, 4) is 0 Å². The molecule has 2 rings (SSSR count). The largest absolute Gasteiger partial charge is 0.391 e. The number of nitrogens with zero attached hydrogens (tertiary/aromatic N) is 1. The maximum Gasteiger partial charge on any atom is 0.270 e. The van der Waals surface area contributed by atoms with Gasteiger partial charge in [0, 0.05) is 5.69 Å². The number of hydrogen-bond acceptors (Lipinski definition) is 3. The van der Waals surface area contributed by atoms with Gasteiger partial charge in [-0.2, -0.15) is 0 Å². The lowest BCUT2D eigenvalue weighted by Gasteiger charge is -2.06. The highest BCUT2D eigenvalue weighted by Gasteiger charge is 2.02. The predicted molar refractivity (Wildman–Crippen MR) is 84.2 cm³/mol. The first-order chi connectivity index (χ1) is 10.5. The van der Waals surface area contributed by atoms with E-state index in [0.29, 0.717) is 0 Å². The summed E-state index contributed by atoms with van der Waals surface area (Å²) in [4.78, 5) is 16.7. The third-order valence-corrected chi connectivity index (χ3v) is 3.03. The Balaban J connectivity index is 1.82. The highest BCUT2D eigenvalue weighted by Crippen LogP contribution is 2.15. The number of anilines is 1. The monoisotopic (exact) mass is 300 g/mol. The zero-order valence-corrected chi connectivity index (χ0v) is 12.5. The van der Waals surface area contributed by atoms with E-state index in [1.807, 2.05) is 32.0 Å². The normalized spacial score (nSPS) is 10.7. The molecule has 2 aromatic carbocycles. The number of rotatable bonds is 5. The van der Waals surface area contributed by atoms with E-state index in [4.69, 9.17) is 4.84 Å². The standard InChI is InChI=1S/C17H17FN2O2/c1-12-3-8-16(13(2)9-12)20-17(21)10-19-22-11-14-4-6-15(18)7-5-14/h3-10H,11H2,1-2H3,(H,20,21)/b19-10-. The van der Waals surface area contributed by atoms with Gasteiger partial charge in [-0.25, -0.2) is 4.39 Å². The molecule has 0 aliphatic carbocycles. The molecule has 2 aromatic rings. The Morgan fingerprint density at radius 2 is 1.95 bits per heavy atom. The lowest BCUT2D eigenvalue weighted by atomic mass is 10.1. The average Bonchev–Trinajstić information content (AvgIpc) is 2.48. The van der Waals surface area contributed by atoms with Crippen LogP contribution >= 0.6 is 0 Å². The van der Waals surface area contributed by atoms with E-state index >= 15 is 0 Å². The summed E-state index contributed by atoms with van der Waals surface area (Å²) in [6.07, 6.45) is 1.07. The van der Waals surface area contributed by atoms with Gasteiger partial charge < -0.3 is 10.2 Å². The first-order valence-electron chi connectivity index (χ1n) is 6.82. The molecular weight excluding hydrogens is 283 g/mol. The minimum Gasteiger partial charge on any atom is -0.391 e. The molecule has 0 fully saturated rings. The zero-order chi connectivity index (χ0) is 15.9. The molecule has 114 valence electrons. The van der Waals surface area contributed by atoms with Crippen LogP contribution in [0.4, 0.5) is 10.1 Å². The molecule has 1 N–H and O–H groups in total. The molecule has 0 heterocycles. The van der Waals surface area contributed by atoms with Crippen molar-refractivity contribution in [3.63, 3.8) is 0 Å². The molecule has 0 saturated heterocycles. The van der Waals surface area contributed by atoms with Crippen molar-refractivity contribution in [3.05, 3.63) is 65.0 Å². The van der Waals surface area contributed by atoms with Gasteiger partial charge in [-0.1, -0.05) is 35.0 Å². The number of halogens is 1. The first kappa shape index (κ1) is 15.7. The maximum atomic E-state index is 12.7. The number of benzene rings is 2. The highest BCUT2D eigenvalue weighted by molar-refractivity contribution is 6.31. The molecule has 4 nitrogen and oxygen atoms in total. The van der Waals surface area contributed by atoms with Gasteiger partial charge in [0.1, 0.15) is 18.6 Å². The molecule has 0 saturated carbocycles. The van der Waals surface area contributed by atoms with Crippen LogP contribution in [0.15, 0.2) is 47.6 Å². The van der Waals surface area contributed by atoms with Crippen molar-refractivity contribution in [1.82, 2.24) is 0 Å². The summed E-state index contributed by atoms with van der Waals surface area (Å²) >= 11 is 0. The number of amides is 1. The molecule has 0 atom stereocenters. The van der Waals surface area contributed by atoms with Crippen LogP contribution in [0.1, 0.15) is 16.7 Å². The maximum absolute atomic E-state index is 12.7. The van der Waals surface area contributed by atoms with Gasteiger partial charge in [-0.05, 0) is 43.2 Å². The minimum absolute atomic E-state index is 0.174. The van der Waals surface area contributed by atoms with Gasteiger partial charge in [0.2, 0.25) is 0 Å². The second-order valence-corrected chi connectivity index (χ2v) is 4.94. The molecule has 22 heavy (non-hydrogen) atoms. The van der Waals surface area contributed by atoms with Crippen LogP contribution in [0.3, 0.4) is 0 Å². The fourth-order valence-corrected chi connectivity index (χ4v) is 1.90. The lowest BCUT2D eigenvalue weighted by molar-refractivity contribution is -0.110. The fraction of sp³-hybridized carbons (Fsp3) is 0.176. The Morgan fingerprint density at radius 3 is 2.64 bits per heavy atom. The average molecular weight is 300 g/mol. The van der Waals surface area contributed by atoms with Gasteiger partial charge in [-0.3, -0.25) is 4.79 Å². The van der Waals surface area contributed by atoms with Crippen LogP contribution < -0.4 is 5.32 Å². The number of hydrogen-bond donors (Lipinski definition) is 1. The van der Waals surface area contributed by atoms with Crippen LogP contribution in [-0.4, -0.2) is 12.1 Å². The van der Waals surface area contributed by atoms with Crippen LogP contribution in [0.5, 0.6) is 0 Å². The van der Waals surface area contributed by atoms with E-state index in [1.54, 1.807) is 12.1 Å². The topological polar surface area (TPSA) is 50.7 Å². The van der Waals surface area contributed by atoms with Crippen molar-refractivity contribution in [2.45, 2.75) is 20.5 Å². The van der Waals surface area contributed by atoms with E-state index in [0.717, 1.165) is 28.6 Å². The van der Waals surface area contributed by atoms with Crippen molar-refractivity contribution < 1.29 is 14.0 Å². The van der Waals surface area contributed by atoms with Gasteiger partial charge in [-0.15, -0.1) is 0 Å². The van der Waals surface area contributed by atoms with Crippen LogP contribution in [0, 0.1) is 19.7 Å². The second kappa shape index (κ2) is 7.36. The minimum atomic E-state index is -0.369. The van der Waals surface area contributed by atoms with Crippen molar-refractivity contribution in [2.75, 3.05) is 5.32 Å². The van der Waals surface area contributed by atoms with Gasteiger partial charge in [0.15, 0.2) is 0 Å². The highest BCUT2D eigenvalue weighted by atomic mass is 19.1. The summed E-state index contributed by atoms with van der Waals surface area (Å²) in [5.74, 6) is -0.675. The Labute approximate surface area is 128 Å². The molecule has 0 unspecified atom stereocenters. The van der Waals surface area contributed by atoms with Gasteiger partial charge in [0.05, 0.1) is 0 Å². The van der Waals surface area contributed by atoms with E-state index in [-0.39, 0.29) is 18.3 Å². The second-order valence-electron chi connectivity index (χ2n) is 4.94. The Morgan fingerprint density at radius 1 is 1.23 bits per heavy atom. The predicted octanol–water partition coefficient (Wildman–Crippen LogP) is 3.58. The summed E-state index contributed by atoms with van der Waals surface area (Å²) in [6, 6.07) is 11.6. The fourth-order valence-electron chi connectivity index (χ4n) is 1.90. The number of carbonyl (C=O) groups is 1. The quantitative estimate of drug-likeness (QED) is 0.677. The van der Waals surface area contributed by atoms with Crippen LogP contribution in [0.2, 0.25) is 0 Å². The Bertz CT molecular complexity index is 682. The molecule has 0 aliphatic rings. The number of carbonyl (C=O) groups excluding carboxylic acids is 1. The molecule has 0 aromatic heterocycles. The molecule has 0 spiro atoms. The third kappa shape index (κ3) is 4.70. The molecule has 0 aliphatic heterocycles. The first-order valence-corrected chi connectivity index (χ1v) is 6.82. The van der Waals surface area contributed by atoms with E-state index in [2.05, 4.69) is 10.5 Å². The summed E-state index contributed by atoms with van der Waals surface area (Å²) in [7, 11) is 0.